The summed E-state index contributed by atoms with van der Waals surface area (Å²) in [6, 6.07) is 9.13. The standard InChI is InChI=1S/C19H25NO4S/c1-13-7-8-14(2)19(9-13)25(21,22)20(4)12-16-11-18(24-6)17(23-5)10-15(16)3/h7-11H,12H2,1-6H3. The van der Waals surface area contributed by atoms with Crippen LogP contribution < -0.4 is 9.47 Å². The highest BCUT2D eigenvalue weighted by molar-refractivity contribution is 7.89. The number of nitrogens with zero attached hydrogens (tertiary/aromatic N) is 1. The number of sulfonamides is 1. The molecule has 0 N–H and O–H groups in total. The first-order valence-electron chi connectivity index (χ1n) is 7.95. The summed E-state index contributed by atoms with van der Waals surface area (Å²) in [4.78, 5) is 0.341. The third-order valence-electron chi connectivity index (χ3n) is 4.27. The molecule has 2 aromatic rings. The van der Waals surface area contributed by atoms with Gasteiger partial charge in [0, 0.05) is 13.6 Å². The lowest BCUT2D eigenvalue weighted by molar-refractivity contribution is 0.353. The van der Waals surface area contributed by atoms with Crippen LogP contribution in [-0.4, -0.2) is 34.0 Å². The number of methoxy groups -OCH3 is 2. The average molecular weight is 363 g/mol. The lowest BCUT2D eigenvalue weighted by atomic mass is 10.1. The minimum absolute atomic E-state index is 0.252. The number of hydrogen-bond acceptors (Lipinski definition) is 4. The Balaban J connectivity index is 2.39. The maximum atomic E-state index is 13.0. The monoisotopic (exact) mass is 363 g/mol. The fourth-order valence-corrected chi connectivity index (χ4v) is 4.13. The molecular formula is C19H25NO4S. The van der Waals surface area contributed by atoms with Gasteiger partial charge in [0.05, 0.1) is 19.1 Å². The summed E-state index contributed by atoms with van der Waals surface area (Å²) in [5.74, 6) is 1.21. The molecular weight excluding hydrogens is 338 g/mol. The van der Waals surface area contributed by atoms with Crippen molar-refractivity contribution in [1.29, 1.82) is 0 Å². The van der Waals surface area contributed by atoms with Crippen LogP contribution >= 0.6 is 0 Å². The first-order valence-corrected chi connectivity index (χ1v) is 9.39. The van der Waals surface area contributed by atoms with Gasteiger partial charge in [0.2, 0.25) is 10.0 Å². The van der Waals surface area contributed by atoms with Crippen LogP contribution in [-0.2, 0) is 16.6 Å². The van der Waals surface area contributed by atoms with E-state index < -0.39 is 10.0 Å². The number of benzene rings is 2. The van der Waals surface area contributed by atoms with E-state index in [0.29, 0.717) is 16.4 Å². The van der Waals surface area contributed by atoms with Crippen LogP contribution in [0.5, 0.6) is 11.5 Å². The van der Waals surface area contributed by atoms with Gasteiger partial charge in [-0.2, -0.15) is 4.31 Å². The van der Waals surface area contributed by atoms with Gasteiger partial charge in [-0.25, -0.2) is 8.42 Å². The number of hydrogen-bond donors (Lipinski definition) is 0. The normalized spacial score (nSPS) is 11.6. The zero-order valence-electron chi connectivity index (χ0n) is 15.6. The first-order chi connectivity index (χ1) is 11.7. The van der Waals surface area contributed by atoms with E-state index >= 15 is 0 Å². The van der Waals surface area contributed by atoms with Gasteiger partial charge >= 0.3 is 0 Å². The van der Waals surface area contributed by atoms with Crippen LogP contribution in [0, 0.1) is 20.8 Å². The molecule has 0 aromatic heterocycles. The largest absolute Gasteiger partial charge is 0.493 e. The molecule has 0 atom stereocenters. The topological polar surface area (TPSA) is 55.8 Å². The molecule has 0 radical (unpaired) electrons. The van der Waals surface area contributed by atoms with Gasteiger partial charge in [0.25, 0.3) is 0 Å². The van der Waals surface area contributed by atoms with E-state index in [1.807, 2.05) is 45.0 Å². The number of ether oxygens (including phenoxy) is 2. The van der Waals surface area contributed by atoms with Crippen LogP contribution in [0.1, 0.15) is 22.3 Å². The Kier molecular flexibility index (Phi) is 5.75. The minimum Gasteiger partial charge on any atom is -0.493 e. The Morgan fingerprint density at radius 3 is 2.12 bits per heavy atom. The molecule has 5 nitrogen and oxygen atoms in total. The smallest absolute Gasteiger partial charge is 0.243 e. The van der Waals surface area contributed by atoms with Crippen LogP contribution in [0.15, 0.2) is 35.2 Å². The van der Waals surface area contributed by atoms with Gasteiger partial charge in [-0.05, 0) is 61.2 Å². The van der Waals surface area contributed by atoms with E-state index in [1.54, 1.807) is 27.3 Å². The van der Waals surface area contributed by atoms with Crippen molar-refractivity contribution >= 4 is 10.0 Å². The summed E-state index contributed by atoms with van der Waals surface area (Å²) >= 11 is 0. The molecule has 0 heterocycles. The Bertz CT molecular complexity index is 875. The molecule has 0 aliphatic heterocycles. The summed E-state index contributed by atoms with van der Waals surface area (Å²) in [5, 5.41) is 0. The van der Waals surface area contributed by atoms with Gasteiger partial charge in [0.15, 0.2) is 11.5 Å². The van der Waals surface area contributed by atoms with Gasteiger partial charge in [0.1, 0.15) is 0 Å². The molecule has 2 rings (SSSR count). The fraction of sp³-hybridized carbons (Fsp3) is 0.368. The zero-order valence-corrected chi connectivity index (χ0v) is 16.4. The molecule has 0 saturated carbocycles. The molecule has 0 aliphatic carbocycles. The van der Waals surface area contributed by atoms with Gasteiger partial charge in [-0.3, -0.25) is 0 Å². The molecule has 2 aromatic carbocycles. The van der Waals surface area contributed by atoms with Crippen molar-refractivity contribution in [2.24, 2.45) is 0 Å². The molecule has 0 unspecified atom stereocenters. The fourth-order valence-electron chi connectivity index (χ4n) is 2.67. The van der Waals surface area contributed by atoms with Crippen LogP contribution in [0.25, 0.3) is 0 Å². The third kappa shape index (κ3) is 3.96. The predicted octanol–water partition coefficient (Wildman–Crippen LogP) is 3.45. The molecule has 0 aliphatic rings. The highest BCUT2D eigenvalue weighted by Crippen LogP contribution is 2.31. The average Bonchev–Trinajstić information content (AvgIpc) is 2.58. The minimum atomic E-state index is -3.58. The second kappa shape index (κ2) is 7.45. The van der Waals surface area contributed by atoms with E-state index in [-0.39, 0.29) is 6.54 Å². The van der Waals surface area contributed by atoms with Crippen molar-refractivity contribution in [3.05, 3.63) is 52.6 Å². The summed E-state index contributed by atoms with van der Waals surface area (Å²) in [5.41, 5.74) is 3.47. The van der Waals surface area contributed by atoms with E-state index in [1.165, 1.54) is 4.31 Å². The van der Waals surface area contributed by atoms with Crippen LogP contribution in [0.4, 0.5) is 0 Å². The molecule has 0 fully saturated rings. The lowest BCUT2D eigenvalue weighted by Crippen LogP contribution is -2.27. The summed E-state index contributed by atoms with van der Waals surface area (Å²) in [7, 11) is 1.15. The van der Waals surface area contributed by atoms with Crippen molar-refractivity contribution in [3.8, 4) is 11.5 Å². The highest BCUT2D eigenvalue weighted by atomic mass is 32.2. The summed E-state index contributed by atoms with van der Waals surface area (Å²) in [6.07, 6.45) is 0. The third-order valence-corrected chi connectivity index (χ3v) is 6.21. The van der Waals surface area contributed by atoms with Crippen molar-refractivity contribution in [2.45, 2.75) is 32.2 Å². The number of rotatable bonds is 6. The van der Waals surface area contributed by atoms with Crippen LogP contribution in [0.3, 0.4) is 0 Å². The first kappa shape index (κ1) is 19.3. The Morgan fingerprint density at radius 1 is 0.920 bits per heavy atom. The Labute approximate surface area is 150 Å². The molecule has 0 saturated heterocycles. The second-order valence-corrected chi connectivity index (χ2v) is 8.18. The predicted molar refractivity (Wildman–Crippen MR) is 98.9 cm³/mol. The quantitative estimate of drug-likeness (QED) is 0.789. The van der Waals surface area contributed by atoms with Crippen molar-refractivity contribution in [1.82, 2.24) is 4.31 Å². The zero-order chi connectivity index (χ0) is 18.8. The van der Waals surface area contributed by atoms with E-state index in [2.05, 4.69) is 0 Å². The maximum absolute atomic E-state index is 13.0. The lowest BCUT2D eigenvalue weighted by Gasteiger charge is -2.21. The molecule has 0 bridgehead atoms. The van der Waals surface area contributed by atoms with Crippen molar-refractivity contribution < 1.29 is 17.9 Å². The van der Waals surface area contributed by atoms with Gasteiger partial charge in [-0.15, -0.1) is 0 Å². The van der Waals surface area contributed by atoms with E-state index in [0.717, 1.165) is 22.3 Å². The van der Waals surface area contributed by atoms with Gasteiger partial charge < -0.3 is 9.47 Å². The molecule has 136 valence electrons. The molecule has 0 amide bonds. The van der Waals surface area contributed by atoms with Crippen molar-refractivity contribution in [3.63, 3.8) is 0 Å². The maximum Gasteiger partial charge on any atom is 0.243 e. The number of aryl methyl sites for hydroxylation is 3. The van der Waals surface area contributed by atoms with E-state index in [9.17, 15) is 8.42 Å². The summed E-state index contributed by atoms with van der Waals surface area (Å²) in [6.45, 7) is 5.87. The Morgan fingerprint density at radius 2 is 1.52 bits per heavy atom. The SMILES string of the molecule is COc1cc(C)c(CN(C)S(=O)(=O)c2cc(C)ccc2C)cc1OC. The molecule has 25 heavy (non-hydrogen) atoms. The van der Waals surface area contributed by atoms with Crippen LogP contribution in [0.2, 0.25) is 0 Å². The molecule has 6 heteroatoms. The van der Waals surface area contributed by atoms with Gasteiger partial charge in [-0.1, -0.05) is 12.1 Å². The van der Waals surface area contributed by atoms with E-state index in [4.69, 9.17) is 9.47 Å². The van der Waals surface area contributed by atoms with Crippen molar-refractivity contribution in [2.75, 3.05) is 21.3 Å². The second-order valence-electron chi connectivity index (χ2n) is 6.16. The summed E-state index contributed by atoms with van der Waals surface area (Å²) < 4.78 is 37.9. The molecule has 0 spiro atoms. The highest BCUT2D eigenvalue weighted by Gasteiger charge is 2.24. The Hall–Kier alpha value is -2.05.